The average Bonchev–Trinajstić information content (AvgIpc) is 2.39. The summed E-state index contributed by atoms with van der Waals surface area (Å²) < 4.78 is 13.2. The normalized spacial score (nSPS) is 12.1. The van der Waals surface area contributed by atoms with E-state index in [0.717, 1.165) is 18.5 Å². The first-order chi connectivity index (χ1) is 8.79. The van der Waals surface area contributed by atoms with Gasteiger partial charge in [-0.25, -0.2) is 4.39 Å². The van der Waals surface area contributed by atoms with E-state index in [2.05, 4.69) is 24.4 Å². The summed E-state index contributed by atoms with van der Waals surface area (Å²) in [5, 5.41) is 3.40. The highest BCUT2D eigenvalue weighted by Crippen LogP contribution is 2.24. The van der Waals surface area contributed by atoms with Gasteiger partial charge in [-0.1, -0.05) is 49.7 Å². The zero-order chi connectivity index (χ0) is 12.8. The Kier molecular flexibility index (Phi) is 4.35. The van der Waals surface area contributed by atoms with Gasteiger partial charge in [0.1, 0.15) is 5.82 Å². The lowest BCUT2D eigenvalue weighted by Gasteiger charge is -2.20. The molecular weight excluding hydrogens is 225 g/mol. The maximum Gasteiger partial charge on any atom is 0.125 e. The van der Waals surface area contributed by atoms with Crippen LogP contribution >= 0.6 is 0 Å². The average molecular weight is 243 g/mol. The standard InChI is InChI=1S/C16H18FN/c1-2-7-16(13-8-4-3-5-9-13)18-15-11-6-10-14(17)12-15/h3-6,8-12,16,18H,2,7H2,1H3. The molecule has 0 saturated heterocycles. The lowest BCUT2D eigenvalue weighted by atomic mass is 10.0. The van der Waals surface area contributed by atoms with Gasteiger partial charge < -0.3 is 5.32 Å². The van der Waals surface area contributed by atoms with Gasteiger partial charge in [-0.15, -0.1) is 0 Å². The molecule has 0 aliphatic rings. The van der Waals surface area contributed by atoms with Gasteiger partial charge in [0.05, 0.1) is 6.04 Å². The maximum absolute atomic E-state index is 13.2. The summed E-state index contributed by atoms with van der Waals surface area (Å²) in [5.74, 6) is -0.205. The lowest BCUT2D eigenvalue weighted by Crippen LogP contribution is -2.10. The van der Waals surface area contributed by atoms with Crippen molar-refractivity contribution >= 4 is 5.69 Å². The summed E-state index contributed by atoms with van der Waals surface area (Å²) in [6.07, 6.45) is 2.11. The van der Waals surface area contributed by atoms with Crippen LogP contribution in [-0.2, 0) is 0 Å². The summed E-state index contributed by atoms with van der Waals surface area (Å²) >= 11 is 0. The molecule has 0 aliphatic heterocycles. The van der Waals surface area contributed by atoms with Crippen LogP contribution in [0.2, 0.25) is 0 Å². The number of hydrogen-bond donors (Lipinski definition) is 1. The third-order valence-electron chi connectivity index (χ3n) is 2.94. The van der Waals surface area contributed by atoms with E-state index in [-0.39, 0.29) is 11.9 Å². The Morgan fingerprint density at radius 1 is 1.06 bits per heavy atom. The van der Waals surface area contributed by atoms with Gasteiger partial charge in [0.25, 0.3) is 0 Å². The first-order valence-corrected chi connectivity index (χ1v) is 6.36. The molecule has 0 radical (unpaired) electrons. The minimum atomic E-state index is -0.205. The Bertz CT molecular complexity index is 481. The number of anilines is 1. The zero-order valence-electron chi connectivity index (χ0n) is 10.6. The first kappa shape index (κ1) is 12.6. The molecule has 0 aliphatic carbocycles. The molecule has 0 heterocycles. The molecule has 0 amide bonds. The lowest BCUT2D eigenvalue weighted by molar-refractivity contribution is 0.626. The van der Waals surface area contributed by atoms with Crippen molar-refractivity contribution in [2.75, 3.05) is 5.32 Å². The molecule has 0 saturated carbocycles. The van der Waals surface area contributed by atoms with Crippen LogP contribution in [0.15, 0.2) is 54.6 Å². The van der Waals surface area contributed by atoms with Crippen LogP contribution in [0.25, 0.3) is 0 Å². The van der Waals surface area contributed by atoms with Gasteiger partial charge in [0, 0.05) is 5.69 Å². The van der Waals surface area contributed by atoms with E-state index in [4.69, 9.17) is 0 Å². The molecule has 1 nitrogen and oxygen atoms in total. The number of nitrogens with one attached hydrogen (secondary N) is 1. The van der Waals surface area contributed by atoms with Crippen LogP contribution in [0, 0.1) is 5.82 Å². The van der Waals surface area contributed by atoms with E-state index < -0.39 is 0 Å². The molecule has 94 valence electrons. The highest BCUT2D eigenvalue weighted by Gasteiger charge is 2.09. The molecular formula is C16H18FN. The quantitative estimate of drug-likeness (QED) is 0.797. The van der Waals surface area contributed by atoms with Gasteiger partial charge >= 0.3 is 0 Å². The molecule has 2 heteroatoms. The van der Waals surface area contributed by atoms with E-state index in [1.165, 1.54) is 17.7 Å². The van der Waals surface area contributed by atoms with E-state index >= 15 is 0 Å². The van der Waals surface area contributed by atoms with Crippen LogP contribution in [0.1, 0.15) is 31.4 Å². The fourth-order valence-electron chi connectivity index (χ4n) is 2.08. The van der Waals surface area contributed by atoms with Gasteiger partial charge in [0.2, 0.25) is 0 Å². The molecule has 2 rings (SSSR count). The van der Waals surface area contributed by atoms with Crippen LogP contribution < -0.4 is 5.32 Å². The summed E-state index contributed by atoms with van der Waals surface area (Å²) in [6.45, 7) is 2.16. The van der Waals surface area contributed by atoms with Crippen molar-refractivity contribution in [2.24, 2.45) is 0 Å². The van der Waals surface area contributed by atoms with Crippen LogP contribution in [0.5, 0.6) is 0 Å². The fourth-order valence-corrected chi connectivity index (χ4v) is 2.08. The van der Waals surface area contributed by atoms with Crippen molar-refractivity contribution in [1.82, 2.24) is 0 Å². The SMILES string of the molecule is CCCC(Nc1cccc(F)c1)c1ccccc1. The number of hydrogen-bond acceptors (Lipinski definition) is 1. The summed E-state index contributed by atoms with van der Waals surface area (Å²) in [7, 11) is 0. The predicted molar refractivity (Wildman–Crippen MR) is 74.1 cm³/mol. The molecule has 0 fully saturated rings. The van der Waals surface area contributed by atoms with Crippen LogP contribution in [0.4, 0.5) is 10.1 Å². The van der Waals surface area contributed by atoms with E-state index in [9.17, 15) is 4.39 Å². The second-order valence-electron chi connectivity index (χ2n) is 4.41. The predicted octanol–water partition coefficient (Wildman–Crippen LogP) is 4.78. The second kappa shape index (κ2) is 6.20. The van der Waals surface area contributed by atoms with Crippen molar-refractivity contribution < 1.29 is 4.39 Å². The van der Waals surface area contributed by atoms with E-state index in [1.54, 1.807) is 6.07 Å². The molecule has 18 heavy (non-hydrogen) atoms. The van der Waals surface area contributed by atoms with Crippen molar-refractivity contribution in [2.45, 2.75) is 25.8 Å². The molecule has 0 aromatic heterocycles. The Morgan fingerprint density at radius 2 is 1.83 bits per heavy atom. The Balaban J connectivity index is 2.16. The van der Waals surface area contributed by atoms with Gasteiger partial charge in [-0.3, -0.25) is 0 Å². The molecule has 0 spiro atoms. The van der Waals surface area contributed by atoms with E-state index in [0.29, 0.717) is 0 Å². The first-order valence-electron chi connectivity index (χ1n) is 6.36. The molecule has 2 aromatic carbocycles. The van der Waals surface area contributed by atoms with Gasteiger partial charge in [-0.2, -0.15) is 0 Å². The summed E-state index contributed by atoms with van der Waals surface area (Å²) in [5.41, 5.74) is 2.07. The minimum Gasteiger partial charge on any atom is -0.378 e. The molecule has 0 bridgehead atoms. The van der Waals surface area contributed by atoms with E-state index in [1.807, 2.05) is 24.3 Å². The van der Waals surface area contributed by atoms with Crippen LogP contribution in [0.3, 0.4) is 0 Å². The third-order valence-corrected chi connectivity index (χ3v) is 2.94. The molecule has 2 aromatic rings. The Hall–Kier alpha value is -1.83. The minimum absolute atomic E-state index is 0.205. The molecule has 1 atom stereocenters. The monoisotopic (exact) mass is 243 g/mol. The van der Waals surface area contributed by atoms with Crippen molar-refractivity contribution in [3.8, 4) is 0 Å². The van der Waals surface area contributed by atoms with Crippen molar-refractivity contribution in [3.63, 3.8) is 0 Å². The van der Waals surface area contributed by atoms with Gasteiger partial charge in [0.15, 0.2) is 0 Å². The Morgan fingerprint density at radius 3 is 2.50 bits per heavy atom. The molecule has 1 N–H and O–H groups in total. The van der Waals surface area contributed by atoms with Crippen molar-refractivity contribution in [1.29, 1.82) is 0 Å². The largest absolute Gasteiger partial charge is 0.378 e. The summed E-state index contributed by atoms with van der Waals surface area (Å²) in [6, 6.07) is 17.1. The number of rotatable bonds is 5. The highest BCUT2D eigenvalue weighted by molar-refractivity contribution is 5.45. The fraction of sp³-hybridized carbons (Fsp3) is 0.250. The van der Waals surface area contributed by atoms with Gasteiger partial charge in [-0.05, 0) is 30.2 Å². The number of halogens is 1. The number of benzene rings is 2. The second-order valence-corrected chi connectivity index (χ2v) is 4.41. The van der Waals surface area contributed by atoms with Crippen molar-refractivity contribution in [3.05, 3.63) is 66.0 Å². The molecule has 1 unspecified atom stereocenters. The van der Waals surface area contributed by atoms with Crippen LogP contribution in [-0.4, -0.2) is 0 Å². The Labute approximate surface area is 108 Å². The maximum atomic E-state index is 13.2. The summed E-state index contributed by atoms with van der Waals surface area (Å²) in [4.78, 5) is 0. The highest BCUT2D eigenvalue weighted by atomic mass is 19.1. The topological polar surface area (TPSA) is 12.0 Å². The zero-order valence-corrected chi connectivity index (χ0v) is 10.6. The third kappa shape index (κ3) is 3.33. The smallest absolute Gasteiger partial charge is 0.125 e.